The molecule has 2 heterocycles. The van der Waals surface area contributed by atoms with Crippen LogP contribution < -0.4 is 5.32 Å². The number of hydrogen-bond donors (Lipinski definition) is 1. The van der Waals surface area contributed by atoms with E-state index in [4.69, 9.17) is 0 Å². The summed E-state index contributed by atoms with van der Waals surface area (Å²) < 4.78 is 0. The minimum absolute atomic E-state index is 0.864. The van der Waals surface area contributed by atoms with Gasteiger partial charge in [0.1, 0.15) is 0 Å². The zero-order valence-corrected chi connectivity index (χ0v) is 12.0. The fraction of sp³-hybridized carbons (Fsp3) is 0.786. The van der Waals surface area contributed by atoms with Crippen molar-refractivity contribution in [2.45, 2.75) is 51.6 Å². The van der Waals surface area contributed by atoms with Crippen molar-refractivity contribution in [3.8, 4) is 0 Å². The third kappa shape index (κ3) is 2.54. The maximum atomic E-state index is 4.43. The fourth-order valence-electron chi connectivity index (χ4n) is 3.51. The second-order valence-corrected chi connectivity index (χ2v) is 6.65. The summed E-state index contributed by atoms with van der Waals surface area (Å²) in [6.07, 6.45) is 9.25. The van der Waals surface area contributed by atoms with E-state index in [0.717, 1.165) is 30.2 Å². The van der Waals surface area contributed by atoms with Crippen molar-refractivity contribution in [3.05, 3.63) is 11.1 Å². The largest absolute Gasteiger partial charge is 0.362 e. The Morgan fingerprint density at radius 1 is 1.39 bits per heavy atom. The molecule has 0 spiro atoms. The van der Waals surface area contributed by atoms with Gasteiger partial charge < -0.3 is 5.32 Å². The standard InChI is InChI=1S/C14H23N3S/c1-2-15-14-16-9-12(18-14)10-17-8-7-11-5-3-4-6-13(11)17/h9,11,13H,2-8,10H2,1H3,(H,15,16). The van der Waals surface area contributed by atoms with E-state index >= 15 is 0 Å². The lowest BCUT2D eigenvalue weighted by Crippen LogP contribution is -2.33. The molecule has 1 aliphatic heterocycles. The summed E-state index contributed by atoms with van der Waals surface area (Å²) in [4.78, 5) is 8.55. The highest BCUT2D eigenvalue weighted by Gasteiger charge is 2.35. The molecule has 0 aromatic carbocycles. The highest BCUT2D eigenvalue weighted by molar-refractivity contribution is 7.15. The van der Waals surface area contributed by atoms with Crippen LogP contribution in [0.1, 0.15) is 43.9 Å². The van der Waals surface area contributed by atoms with Crippen LogP contribution in [0.5, 0.6) is 0 Å². The monoisotopic (exact) mass is 265 g/mol. The number of thiazole rings is 1. The number of nitrogens with zero attached hydrogens (tertiary/aromatic N) is 2. The number of likely N-dealkylation sites (tertiary alicyclic amines) is 1. The van der Waals surface area contributed by atoms with Gasteiger partial charge in [-0.1, -0.05) is 12.8 Å². The highest BCUT2D eigenvalue weighted by Crippen LogP contribution is 2.37. The van der Waals surface area contributed by atoms with Gasteiger partial charge in [-0.05, 0) is 38.6 Å². The molecule has 2 atom stereocenters. The van der Waals surface area contributed by atoms with Gasteiger partial charge in [0.2, 0.25) is 0 Å². The van der Waals surface area contributed by atoms with Gasteiger partial charge in [-0.15, -0.1) is 11.3 Å². The van der Waals surface area contributed by atoms with Gasteiger partial charge in [-0.3, -0.25) is 4.90 Å². The first-order valence-electron chi connectivity index (χ1n) is 7.29. The van der Waals surface area contributed by atoms with E-state index in [1.807, 2.05) is 11.3 Å². The maximum Gasteiger partial charge on any atom is 0.182 e. The summed E-state index contributed by atoms with van der Waals surface area (Å²) in [6, 6.07) is 0.864. The molecule has 2 fully saturated rings. The molecule has 18 heavy (non-hydrogen) atoms. The summed E-state index contributed by atoms with van der Waals surface area (Å²) in [5, 5.41) is 4.37. The van der Waals surface area contributed by atoms with Crippen LogP contribution in [0.25, 0.3) is 0 Å². The molecular formula is C14H23N3S. The molecule has 1 aromatic heterocycles. The summed E-state index contributed by atoms with van der Waals surface area (Å²) >= 11 is 1.82. The van der Waals surface area contributed by atoms with Gasteiger partial charge >= 0.3 is 0 Å². The number of anilines is 1. The molecule has 3 rings (SSSR count). The normalized spacial score (nSPS) is 28.3. The Morgan fingerprint density at radius 3 is 3.17 bits per heavy atom. The van der Waals surface area contributed by atoms with Gasteiger partial charge in [-0.2, -0.15) is 0 Å². The Labute approximate surface area is 114 Å². The minimum atomic E-state index is 0.864. The van der Waals surface area contributed by atoms with Crippen molar-refractivity contribution in [3.63, 3.8) is 0 Å². The molecule has 1 saturated carbocycles. The molecule has 0 radical (unpaired) electrons. The van der Waals surface area contributed by atoms with Crippen molar-refractivity contribution < 1.29 is 0 Å². The molecule has 100 valence electrons. The second-order valence-electron chi connectivity index (χ2n) is 5.53. The predicted octanol–water partition coefficient (Wildman–Crippen LogP) is 3.34. The molecule has 1 aliphatic carbocycles. The third-order valence-electron chi connectivity index (χ3n) is 4.37. The van der Waals surface area contributed by atoms with Gasteiger partial charge in [0.25, 0.3) is 0 Å². The third-order valence-corrected chi connectivity index (χ3v) is 5.31. The number of aromatic nitrogens is 1. The van der Waals surface area contributed by atoms with E-state index in [0.29, 0.717) is 0 Å². The lowest BCUT2D eigenvalue weighted by Gasteiger charge is -2.31. The number of fused-ring (bicyclic) bond motifs is 1. The summed E-state index contributed by atoms with van der Waals surface area (Å²) in [7, 11) is 0. The van der Waals surface area contributed by atoms with Crippen molar-refractivity contribution in [2.75, 3.05) is 18.4 Å². The van der Waals surface area contributed by atoms with Crippen LogP contribution in [0, 0.1) is 5.92 Å². The number of nitrogens with one attached hydrogen (secondary N) is 1. The van der Waals surface area contributed by atoms with Crippen molar-refractivity contribution in [1.29, 1.82) is 0 Å². The molecule has 0 amide bonds. The van der Waals surface area contributed by atoms with Crippen LogP contribution in [0.15, 0.2) is 6.20 Å². The van der Waals surface area contributed by atoms with Crippen LogP contribution in [0.3, 0.4) is 0 Å². The average molecular weight is 265 g/mol. The second kappa shape index (κ2) is 5.57. The van der Waals surface area contributed by atoms with Crippen LogP contribution in [-0.4, -0.2) is 29.0 Å². The number of hydrogen-bond acceptors (Lipinski definition) is 4. The highest BCUT2D eigenvalue weighted by atomic mass is 32.1. The maximum absolute atomic E-state index is 4.43. The first-order valence-corrected chi connectivity index (χ1v) is 8.11. The van der Waals surface area contributed by atoms with E-state index in [-0.39, 0.29) is 0 Å². The molecule has 1 saturated heterocycles. The Hall–Kier alpha value is -0.610. The minimum Gasteiger partial charge on any atom is -0.362 e. The zero-order chi connectivity index (χ0) is 12.4. The van der Waals surface area contributed by atoms with Gasteiger partial charge in [0, 0.05) is 30.2 Å². The molecule has 2 unspecified atom stereocenters. The Morgan fingerprint density at radius 2 is 2.28 bits per heavy atom. The number of rotatable bonds is 4. The molecule has 3 nitrogen and oxygen atoms in total. The SMILES string of the molecule is CCNc1ncc(CN2CCC3CCCCC32)s1. The Kier molecular flexibility index (Phi) is 3.85. The first-order chi connectivity index (χ1) is 8.86. The molecule has 1 N–H and O–H groups in total. The van der Waals surface area contributed by atoms with E-state index in [2.05, 4.69) is 28.3 Å². The van der Waals surface area contributed by atoms with Gasteiger partial charge in [0.15, 0.2) is 5.13 Å². The fourth-order valence-corrected chi connectivity index (χ4v) is 4.42. The topological polar surface area (TPSA) is 28.2 Å². The lowest BCUT2D eigenvalue weighted by molar-refractivity contribution is 0.177. The van der Waals surface area contributed by atoms with Crippen LogP contribution in [0.4, 0.5) is 5.13 Å². The lowest BCUT2D eigenvalue weighted by atomic mass is 9.85. The van der Waals surface area contributed by atoms with Gasteiger partial charge in [0.05, 0.1) is 0 Å². The molecular weight excluding hydrogens is 242 g/mol. The van der Waals surface area contributed by atoms with Crippen LogP contribution in [0.2, 0.25) is 0 Å². The van der Waals surface area contributed by atoms with E-state index < -0.39 is 0 Å². The van der Waals surface area contributed by atoms with E-state index in [1.165, 1.54) is 43.5 Å². The summed E-state index contributed by atoms with van der Waals surface area (Å²) in [5.41, 5.74) is 0. The van der Waals surface area contributed by atoms with Gasteiger partial charge in [-0.25, -0.2) is 4.98 Å². The van der Waals surface area contributed by atoms with Crippen molar-refractivity contribution in [2.24, 2.45) is 5.92 Å². The quantitative estimate of drug-likeness (QED) is 0.905. The average Bonchev–Trinajstić information content (AvgIpc) is 2.99. The molecule has 0 bridgehead atoms. The zero-order valence-electron chi connectivity index (χ0n) is 11.2. The predicted molar refractivity (Wildman–Crippen MR) is 77.1 cm³/mol. The van der Waals surface area contributed by atoms with E-state index in [9.17, 15) is 0 Å². The Balaban J connectivity index is 1.61. The molecule has 2 aliphatic rings. The van der Waals surface area contributed by atoms with Crippen LogP contribution in [-0.2, 0) is 6.54 Å². The first kappa shape index (κ1) is 12.4. The van der Waals surface area contributed by atoms with Crippen molar-refractivity contribution in [1.82, 2.24) is 9.88 Å². The summed E-state index contributed by atoms with van der Waals surface area (Å²) in [5.74, 6) is 0.986. The molecule has 4 heteroatoms. The van der Waals surface area contributed by atoms with E-state index in [1.54, 1.807) is 0 Å². The molecule has 1 aromatic rings. The summed E-state index contributed by atoms with van der Waals surface area (Å²) in [6.45, 7) is 5.49. The van der Waals surface area contributed by atoms with Crippen molar-refractivity contribution >= 4 is 16.5 Å². The van der Waals surface area contributed by atoms with Crippen LogP contribution >= 0.6 is 11.3 Å². The smallest absolute Gasteiger partial charge is 0.182 e. The Bertz CT molecular complexity index is 390.